The second-order valence-corrected chi connectivity index (χ2v) is 6.73. The van der Waals surface area contributed by atoms with E-state index in [9.17, 15) is 4.79 Å². The van der Waals surface area contributed by atoms with Crippen LogP contribution in [0.1, 0.15) is 46.0 Å². The molecule has 0 aromatic heterocycles. The predicted molar refractivity (Wildman–Crippen MR) is 83.5 cm³/mol. The van der Waals surface area contributed by atoms with Crippen LogP contribution in [0.2, 0.25) is 0 Å². The summed E-state index contributed by atoms with van der Waals surface area (Å²) < 4.78 is 0. The number of nitrogens with one attached hydrogen (secondary N) is 1. The van der Waals surface area contributed by atoms with Gasteiger partial charge in [0.05, 0.1) is 0 Å². The molecule has 1 aliphatic heterocycles. The second kappa shape index (κ2) is 7.26. The van der Waals surface area contributed by atoms with Crippen molar-refractivity contribution in [2.45, 2.75) is 46.0 Å². The molecule has 1 aliphatic carbocycles. The van der Waals surface area contributed by atoms with E-state index in [0.29, 0.717) is 12.3 Å². The fourth-order valence-corrected chi connectivity index (χ4v) is 3.71. The van der Waals surface area contributed by atoms with Gasteiger partial charge in [-0.25, -0.2) is 0 Å². The van der Waals surface area contributed by atoms with Gasteiger partial charge in [0.2, 0.25) is 5.91 Å². The minimum Gasteiger partial charge on any atom is -0.359 e. The maximum absolute atomic E-state index is 11.4. The number of carbonyl (C=O) groups is 1. The minimum atomic E-state index is 0.197. The summed E-state index contributed by atoms with van der Waals surface area (Å²) in [5.74, 6) is 2.36. The molecule has 0 bridgehead atoms. The number of carbonyl (C=O) groups excluding carboxylic acids is 1. The molecular formula is C17H30N2O. The lowest BCUT2D eigenvalue weighted by molar-refractivity contribution is -0.121. The van der Waals surface area contributed by atoms with Gasteiger partial charge in [-0.2, -0.15) is 0 Å². The molecule has 2 atom stereocenters. The van der Waals surface area contributed by atoms with Crippen LogP contribution in [-0.2, 0) is 4.79 Å². The van der Waals surface area contributed by atoms with Gasteiger partial charge in [0.15, 0.2) is 0 Å². The summed E-state index contributed by atoms with van der Waals surface area (Å²) >= 11 is 0. The van der Waals surface area contributed by atoms with Crippen LogP contribution >= 0.6 is 0 Å². The highest BCUT2D eigenvalue weighted by Gasteiger charge is 2.27. The van der Waals surface area contributed by atoms with Crippen molar-refractivity contribution < 1.29 is 4.79 Å². The zero-order valence-corrected chi connectivity index (χ0v) is 13.3. The highest BCUT2D eigenvalue weighted by Crippen LogP contribution is 2.32. The Bertz CT molecular complexity index is 356. The minimum absolute atomic E-state index is 0.197. The van der Waals surface area contributed by atoms with Crippen LogP contribution in [0.25, 0.3) is 0 Å². The molecular weight excluding hydrogens is 248 g/mol. The maximum atomic E-state index is 11.4. The van der Waals surface area contributed by atoms with Crippen LogP contribution in [0.5, 0.6) is 0 Å². The number of rotatable bonds is 4. The molecule has 0 aromatic carbocycles. The SMILES string of the molecule is CNC(=O)CC1CCN(C[C@@H]2C(C)=CCC[C@@H]2C)CC1. The average Bonchev–Trinajstić information content (AvgIpc) is 2.44. The highest BCUT2D eigenvalue weighted by atomic mass is 16.1. The lowest BCUT2D eigenvalue weighted by Crippen LogP contribution is -2.40. The van der Waals surface area contributed by atoms with E-state index in [-0.39, 0.29) is 5.91 Å². The molecule has 0 aromatic rings. The van der Waals surface area contributed by atoms with E-state index in [1.54, 1.807) is 12.6 Å². The third-order valence-corrected chi connectivity index (χ3v) is 5.28. The fourth-order valence-electron chi connectivity index (χ4n) is 3.71. The van der Waals surface area contributed by atoms with Crippen LogP contribution in [0.3, 0.4) is 0 Å². The summed E-state index contributed by atoms with van der Waals surface area (Å²) in [5, 5.41) is 2.74. The molecule has 1 N–H and O–H groups in total. The molecule has 3 nitrogen and oxygen atoms in total. The molecule has 0 radical (unpaired) electrons. The summed E-state index contributed by atoms with van der Waals surface area (Å²) in [6.45, 7) is 8.25. The summed E-state index contributed by atoms with van der Waals surface area (Å²) in [6.07, 6.45) is 8.10. The molecule has 3 heteroatoms. The van der Waals surface area contributed by atoms with E-state index in [4.69, 9.17) is 0 Å². The number of amides is 1. The standard InChI is InChI=1S/C17H30N2O/c1-13-5-4-6-14(2)16(13)12-19-9-7-15(8-10-19)11-17(20)18-3/h5,14-16H,4,6-12H2,1-3H3,(H,18,20)/t14-,16+/m0/s1. The third kappa shape index (κ3) is 4.08. The van der Waals surface area contributed by atoms with Crippen molar-refractivity contribution in [1.29, 1.82) is 0 Å². The number of hydrogen-bond donors (Lipinski definition) is 1. The number of nitrogens with zero attached hydrogens (tertiary/aromatic N) is 1. The molecule has 1 saturated heterocycles. The Labute approximate surface area is 123 Å². The Morgan fingerprint density at radius 3 is 2.65 bits per heavy atom. The van der Waals surface area contributed by atoms with E-state index in [2.05, 4.69) is 30.1 Å². The molecule has 1 amide bonds. The summed E-state index contributed by atoms with van der Waals surface area (Å²) in [6, 6.07) is 0. The Morgan fingerprint density at radius 1 is 1.35 bits per heavy atom. The topological polar surface area (TPSA) is 32.3 Å². The van der Waals surface area contributed by atoms with Gasteiger partial charge in [0, 0.05) is 20.0 Å². The first kappa shape index (κ1) is 15.6. The van der Waals surface area contributed by atoms with Crippen molar-refractivity contribution in [3.8, 4) is 0 Å². The van der Waals surface area contributed by atoms with Crippen LogP contribution in [0.4, 0.5) is 0 Å². The third-order valence-electron chi connectivity index (χ3n) is 5.28. The molecule has 1 fully saturated rings. The fraction of sp³-hybridized carbons (Fsp3) is 0.824. The van der Waals surface area contributed by atoms with Crippen molar-refractivity contribution in [3.63, 3.8) is 0 Å². The molecule has 20 heavy (non-hydrogen) atoms. The molecule has 1 heterocycles. The molecule has 0 unspecified atom stereocenters. The average molecular weight is 278 g/mol. The van der Waals surface area contributed by atoms with Crippen molar-refractivity contribution in [3.05, 3.63) is 11.6 Å². The zero-order chi connectivity index (χ0) is 14.5. The van der Waals surface area contributed by atoms with Gasteiger partial charge in [0.25, 0.3) is 0 Å². The molecule has 0 spiro atoms. The Kier molecular flexibility index (Phi) is 5.64. The number of allylic oxidation sites excluding steroid dienone is 1. The van der Waals surface area contributed by atoms with Gasteiger partial charge in [-0.05, 0) is 63.5 Å². The van der Waals surface area contributed by atoms with Crippen LogP contribution < -0.4 is 5.32 Å². The summed E-state index contributed by atoms with van der Waals surface area (Å²) in [7, 11) is 1.73. The summed E-state index contributed by atoms with van der Waals surface area (Å²) in [4.78, 5) is 14.0. The van der Waals surface area contributed by atoms with Crippen molar-refractivity contribution in [2.24, 2.45) is 17.8 Å². The first-order valence-corrected chi connectivity index (χ1v) is 8.19. The van der Waals surface area contributed by atoms with Crippen LogP contribution in [0, 0.1) is 17.8 Å². The first-order valence-electron chi connectivity index (χ1n) is 8.19. The van der Waals surface area contributed by atoms with Gasteiger partial charge in [-0.1, -0.05) is 18.6 Å². The second-order valence-electron chi connectivity index (χ2n) is 6.73. The molecule has 0 saturated carbocycles. The number of hydrogen-bond acceptors (Lipinski definition) is 2. The largest absolute Gasteiger partial charge is 0.359 e. The number of likely N-dealkylation sites (tertiary alicyclic amines) is 1. The van der Waals surface area contributed by atoms with Crippen molar-refractivity contribution in [2.75, 3.05) is 26.7 Å². The van der Waals surface area contributed by atoms with E-state index < -0.39 is 0 Å². The van der Waals surface area contributed by atoms with E-state index in [1.165, 1.54) is 32.2 Å². The van der Waals surface area contributed by atoms with Gasteiger partial charge in [0.1, 0.15) is 0 Å². The highest BCUT2D eigenvalue weighted by molar-refractivity contribution is 5.75. The van der Waals surface area contributed by atoms with E-state index in [1.807, 2.05) is 0 Å². The van der Waals surface area contributed by atoms with Crippen LogP contribution in [0.15, 0.2) is 11.6 Å². The Morgan fingerprint density at radius 2 is 2.05 bits per heavy atom. The quantitative estimate of drug-likeness (QED) is 0.802. The summed E-state index contributed by atoms with van der Waals surface area (Å²) in [5.41, 5.74) is 1.59. The van der Waals surface area contributed by atoms with Gasteiger partial charge >= 0.3 is 0 Å². The maximum Gasteiger partial charge on any atom is 0.220 e. The predicted octanol–water partition coefficient (Wildman–Crippen LogP) is 2.83. The van der Waals surface area contributed by atoms with E-state index >= 15 is 0 Å². The van der Waals surface area contributed by atoms with Crippen molar-refractivity contribution >= 4 is 5.91 Å². The lowest BCUT2D eigenvalue weighted by atomic mass is 9.79. The smallest absolute Gasteiger partial charge is 0.220 e. The molecule has 114 valence electrons. The van der Waals surface area contributed by atoms with Crippen molar-refractivity contribution in [1.82, 2.24) is 10.2 Å². The van der Waals surface area contributed by atoms with Gasteiger partial charge in [-0.15, -0.1) is 0 Å². The monoisotopic (exact) mass is 278 g/mol. The Hall–Kier alpha value is -0.830. The number of piperidine rings is 1. The van der Waals surface area contributed by atoms with Gasteiger partial charge in [-0.3, -0.25) is 4.79 Å². The van der Waals surface area contributed by atoms with E-state index in [0.717, 1.165) is 24.9 Å². The van der Waals surface area contributed by atoms with Gasteiger partial charge < -0.3 is 10.2 Å². The Balaban J connectivity index is 1.78. The normalized spacial score (nSPS) is 29.1. The lowest BCUT2D eigenvalue weighted by Gasteiger charge is -2.37. The molecule has 2 aliphatic rings. The van der Waals surface area contributed by atoms with Crippen LogP contribution in [-0.4, -0.2) is 37.5 Å². The first-order chi connectivity index (χ1) is 9.60. The zero-order valence-electron chi connectivity index (χ0n) is 13.3. The molecule has 2 rings (SSSR count).